The Labute approximate surface area is 162 Å². The Bertz CT molecular complexity index is 538. The maximum absolute atomic E-state index is 11.9. The number of ether oxygens (including phenoxy) is 2. The van der Waals surface area contributed by atoms with E-state index >= 15 is 0 Å². The average Bonchev–Trinajstić information content (AvgIpc) is 3.20. The van der Waals surface area contributed by atoms with E-state index in [1.165, 1.54) is 5.56 Å². The van der Waals surface area contributed by atoms with Gasteiger partial charge in [-0.05, 0) is 62.1 Å². The fourth-order valence-electron chi connectivity index (χ4n) is 3.72. The van der Waals surface area contributed by atoms with Gasteiger partial charge in [0, 0.05) is 25.7 Å². The highest BCUT2D eigenvalue weighted by Gasteiger charge is 2.24. The van der Waals surface area contributed by atoms with E-state index in [0.29, 0.717) is 18.6 Å². The van der Waals surface area contributed by atoms with Crippen molar-refractivity contribution >= 4 is 18.5 Å². The third-order valence-corrected chi connectivity index (χ3v) is 5.41. The van der Waals surface area contributed by atoms with Crippen molar-refractivity contribution in [3.05, 3.63) is 29.8 Å². The Morgan fingerprint density at radius 2 is 1.77 bits per heavy atom. The molecule has 1 heterocycles. The van der Waals surface area contributed by atoms with Crippen molar-refractivity contribution in [2.45, 2.75) is 51.1 Å². The molecule has 0 spiro atoms. The number of hydrogen-bond donors (Lipinski definition) is 1. The largest absolute Gasteiger partial charge is 0.497 e. The fraction of sp³-hybridized carbons (Fsp3) is 0.650. The van der Waals surface area contributed by atoms with Gasteiger partial charge in [-0.15, -0.1) is 12.4 Å². The normalized spacial score (nSPS) is 22.6. The van der Waals surface area contributed by atoms with Crippen LogP contribution in [0, 0.1) is 5.92 Å². The van der Waals surface area contributed by atoms with Crippen LogP contribution in [0.25, 0.3) is 0 Å². The maximum Gasteiger partial charge on any atom is 0.409 e. The lowest BCUT2D eigenvalue weighted by atomic mass is 9.86. The van der Waals surface area contributed by atoms with Crippen LogP contribution in [-0.4, -0.2) is 43.8 Å². The minimum absolute atomic E-state index is 0. The lowest BCUT2D eigenvalue weighted by Gasteiger charge is -2.29. The number of carbonyl (C=O) groups excluding carboxylic acids is 1. The molecule has 3 rings (SSSR count). The number of hydrogen-bond acceptors (Lipinski definition) is 4. The first-order chi connectivity index (χ1) is 12.2. The van der Waals surface area contributed by atoms with Crippen LogP contribution < -0.4 is 10.1 Å². The van der Waals surface area contributed by atoms with Crippen LogP contribution in [0.4, 0.5) is 4.79 Å². The predicted octanol–water partition coefficient (Wildman–Crippen LogP) is 4.00. The summed E-state index contributed by atoms with van der Waals surface area (Å²) in [5.74, 6) is 1.42. The standard InChI is InChI=1S/C20H30N2O3.ClH/c1-24-19-10-6-16(7-11-19)14-21-18-8-4-17(5-9-18)15-25-20(23)22-12-2-3-13-22;/h6-7,10-11,17-18,21H,2-5,8-9,12-15H2,1H3;1H. The van der Waals surface area contributed by atoms with Crippen LogP contribution in [0.2, 0.25) is 0 Å². The topological polar surface area (TPSA) is 50.8 Å². The van der Waals surface area contributed by atoms with E-state index in [9.17, 15) is 4.79 Å². The Morgan fingerprint density at radius 1 is 1.12 bits per heavy atom. The smallest absolute Gasteiger partial charge is 0.409 e. The monoisotopic (exact) mass is 382 g/mol. The van der Waals surface area contributed by atoms with Gasteiger partial charge < -0.3 is 19.7 Å². The molecule has 1 aliphatic carbocycles. The molecule has 1 saturated carbocycles. The highest BCUT2D eigenvalue weighted by molar-refractivity contribution is 5.85. The number of rotatable bonds is 6. The number of amides is 1. The first kappa shape index (κ1) is 20.8. The predicted molar refractivity (Wildman–Crippen MR) is 105 cm³/mol. The molecule has 1 aromatic rings. The van der Waals surface area contributed by atoms with Gasteiger partial charge in [0.15, 0.2) is 0 Å². The lowest BCUT2D eigenvalue weighted by Crippen LogP contribution is -2.35. The minimum Gasteiger partial charge on any atom is -0.497 e. The van der Waals surface area contributed by atoms with Crippen LogP contribution in [0.1, 0.15) is 44.1 Å². The van der Waals surface area contributed by atoms with E-state index in [-0.39, 0.29) is 18.5 Å². The zero-order valence-corrected chi connectivity index (χ0v) is 16.4. The number of benzene rings is 1. The van der Waals surface area contributed by atoms with E-state index in [2.05, 4.69) is 17.4 Å². The Balaban J connectivity index is 0.00000243. The number of nitrogens with zero attached hydrogens (tertiary/aromatic N) is 1. The van der Waals surface area contributed by atoms with Crippen LogP contribution in [-0.2, 0) is 11.3 Å². The third-order valence-electron chi connectivity index (χ3n) is 5.41. The van der Waals surface area contributed by atoms with Gasteiger partial charge in [-0.3, -0.25) is 0 Å². The zero-order chi connectivity index (χ0) is 17.5. The Hall–Kier alpha value is -1.46. The molecule has 2 fully saturated rings. The molecule has 2 aliphatic rings. The lowest BCUT2D eigenvalue weighted by molar-refractivity contribution is 0.0841. The summed E-state index contributed by atoms with van der Waals surface area (Å²) in [5.41, 5.74) is 1.28. The molecule has 1 N–H and O–H groups in total. The Morgan fingerprint density at radius 3 is 2.38 bits per heavy atom. The summed E-state index contributed by atoms with van der Waals surface area (Å²) in [6.07, 6.45) is 6.68. The molecule has 146 valence electrons. The molecule has 5 nitrogen and oxygen atoms in total. The molecule has 1 saturated heterocycles. The molecule has 0 aromatic heterocycles. The van der Waals surface area contributed by atoms with Crippen molar-refractivity contribution in [1.82, 2.24) is 10.2 Å². The second-order valence-corrected chi connectivity index (χ2v) is 7.22. The van der Waals surface area contributed by atoms with E-state index in [4.69, 9.17) is 9.47 Å². The number of halogens is 1. The van der Waals surface area contributed by atoms with Crippen LogP contribution in [0.15, 0.2) is 24.3 Å². The van der Waals surface area contributed by atoms with Gasteiger partial charge in [0.05, 0.1) is 13.7 Å². The van der Waals surface area contributed by atoms with Crippen LogP contribution in [0.5, 0.6) is 5.75 Å². The second kappa shape index (κ2) is 10.6. The van der Waals surface area contributed by atoms with Gasteiger partial charge in [0.25, 0.3) is 0 Å². The van der Waals surface area contributed by atoms with Crippen molar-refractivity contribution in [2.75, 3.05) is 26.8 Å². The van der Waals surface area contributed by atoms with Crippen LogP contribution in [0.3, 0.4) is 0 Å². The quantitative estimate of drug-likeness (QED) is 0.807. The van der Waals surface area contributed by atoms with E-state index in [1.54, 1.807) is 7.11 Å². The molecule has 1 aromatic carbocycles. The van der Waals surface area contributed by atoms with E-state index in [0.717, 1.165) is 63.9 Å². The molecule has 1 aliphatic heterocycles. The minimum atomic E-state index is -0.114. The number of methoxy groups -OCH3 is 1. The molecule has 0 atom stereocenters. The summed E-state index contributed by atoms with van der Waals surface area (Å²) in [5, 5.41) is 3.65. The van der Waals surface area contributed by atoms with Crippen molar-refractivity contribution < 1.29 is 14.3 Å². The van der Waals surface area contributed by atoms with Gasteiger partial charge in [-0.25, -0.2) is 4.79 Å². The highest BCUT2D eigenvalue weighted by Crippen LogP contribution is 2.25. The van der Waals surface area contributed by atoms with Crippen molar-refractivity contribution in [3.8, 4) is 5.75 Å². The van der Waals surface area contributed by atoms with Crippen molar-refractivity contribution in [1.29, 1.82) is 0 Å². The molecule has 6 heteroatoms. The first-order valence-corrected chi connectivity index (χ1v) is 9.52. The third kappa shape index (κ3) is 6.06. The Kier molecular flexibility index (Phi) is 8.52. The van der Waals surface area contributed by atoms with Gasteiger partial charge in [-0.2, -0.15) is 0 Å². The molecule has 1 amide bonds. The number of nitrogens with one attached hydrogen (secondary N) is 1. The first-order valence-electron chi connectivity index (χ1n) is 9.52. The van der Waals surface area contributed by atoms with Gasteiger partial charge >= 0.3 is 6.09 Å². The summed E-state index contributed by atoms with van der Waals surface area (Å²) in [7, 11) is 1.69. The van der Waals surface area contributed by atoms with Crippen molar-refractivity contribution in [3.63, 3.8) is 0 Å². The summed E-state index contributed by atoms with van der Waals surface area (Å²) >= 11 is 0. The summed E-state index contributed by atoms with van der Waals surface area (Å²) in [4.78, 5) is 13.8. The molecular formula is C20H31ClN2O3. The number of likely N-dealkylation sites (tertiary alicyclic amines) is 1. The second-order valence-electron chi connectivity index (χ2n) is 7.22. The van der Waals surface area contributed by atoms with E-state index < -0.39 is 0 Å². The van der Waals surface area contributed by atoms with E-state index in [1.807, 2.05) is 17.0 Å². The fourth-order valence-corrected chi connectivity index (χ4v) is 3.72. The molecule has 26 heavy (non-hydrogen) atoms. The van der Waals surface area contributed by atoms with Crippen molar-refractivity contribution in [2.24, 2.45) is 5.92 Å². The molecule has 0 radical (unpaired) electrons. The SMILES string of the molecule is COc1ccc(CNC2CCC(COC(=O)N3CCCC3)CC2)cc1.Cl. The van der Waals surface area contributed by atoms with Crippen LogP contribution >= 0.6 is 12.4 Å². The summed E-state index contributed by atoms with van der Waals surface area (Å²) < 4.78 is 10.7. The maximum atomic E-state index is 11.9. The average molecular weight is 383 g/mol. The summed E-state index contributed by atoms with van der Waals surface area (Å²) in [6, 6.07) is 8.78. The highest BCUT2D eigenvalue weighted by atomic mass is 35.5. The number of carbonyl (C=O) groups is 1. The van der Waals surface area contributed by atoms with Gasteiger partial charge in [0.2, 0.25) is 0 Å². The summed E-state index contributed by atoms with van der Waals surface area (Å²) in [6.45, 7) is 3.20. The van der Waals surface area contributed by atoms with Gasteiger partial charge in [0.1, 0.15) is 5.75 Å². The molecule has 0 bridgehead atoms. The molecule has 0 unspecified atom stereocenters. The van der Waals surface area contributed by atoms with Gasteiger partial charge in [-0.1, -0.05) is 12.1 Å². The zero-order valence-electron chi connectivity index (χ0n) is 15.6. The molecular weight excluding hydrogens is 352 g/mol.